The van der Waals surface area contributed by atoms with Crippen LogP contribution in [0, 0.1) is 29.1 Å². The minimum atomic E-state index is -1.09. The van der Waals surface area contributed by atoms with Gasteiger partial charge in [-0.25, -0.2) is 4.79 Å². The lowest BCUT2D eigenvalue weighted by molar-refractivity contribution is -0.128. The van der Waals surface area contributed by atoms with Gasteiger partial charge in [-0.1, -0.05) is 18.8 Å². The van der Waals surface area contributed by atoms with Gasteiger partial charge < -0.3 is 14.9 Å². The molecular weight excluding hydrogens is 412 g/mol. The van der Waals surface area contributed by atoms with E-state index in [4.69, 9.17) is 0 Å². The molecule has 6 nitrogen and oxygen atoms in total. The van der Waals surface area contributed by atoms with E-state index >= 15 is 0 Å². The van der Waals surface area contributed by atoms with Crippen molar-refractivity contribution in [2.45, 2.75) is 59.8 Å². The van der Waals surface area contributed by atoms with Crippen molar-refractivity contribution in [2.24, 2.45) is 17.3 Å². The Morgan fingerprint density at radius 2 is 1.77 bits per heavy atom. The van der Waals surface area contributed by atoms with E-state index < -0.39 is 5.97 Å². The fourth-order valence-corrected chi connectivity index (χ4v) is 4.41. The Morgan fingerprint density at radius 3 is 2.29 bits per heavy atom. The maximum atomic E-state index is 13.5. The van der Waals surface area contributed by atoms with Crippen molar-refractivity contribution < 1.29 is 19.5 Å². The largest absolute Gasteiger partial charge is 0.477 e. The minimum absolute atomic E-state index is 0.0888. The molecule has 0 aliphatic heterocycles. The second-order valence-electron chi connectivity index (χ2n) is 9.62. The number of carboxylic acids is 1. The number of amides is 2. The number of carbonyl (C=O) groups excluding carboxylic acids is 2. The molecule has 0 radical (unpaired) electrons. The van der Waals surface area contributed by atoms with Crippen LogP contribution in [0.4, 0.5) is 5.69 Å². The Hall–Kier alpha value is -2.33. The van der Waals surface area contributed by atoms with E-state index in [0.29, 0.717) is 16.5 Å². The van der Waals surface area contributed by atoms with Crippen LogP contribution < -0.4 is 4.90 Å². The van der Waals surface area contributed by atoms with Gasteiger partial charge in [0.05, 0.1) is 10.6 Å². The number of aromatic carboxylic acids is 1. The maximum absolute atomic E-state index is 13.5. The van der Waals surface area contributed by atoms with Crippen molar-refractivity contribution in [3.05, 3.63) is 15.8 Å². The van der Waals surface area contributed by atoms with Crippen LogP contribution in [-0.2, 0) is 9.59 Å². The second kappa shape index (κ2) is 10.3. The Labute approximate surface area is 189 Å². The fourth-order valence-electron chi connectivity index (χ4n) is 3.55. The first-order chi connectivity index (χ1) is 14.4. The van der Waals surface area contributed by atoms with E-state index in [-0.39, 0.29) is 41.0 Å². The number of nitrogens with zero attached hydrogens (tertiary/aromatic N) is 2. The summed E-state index contributed by atoms with van der Waals surface area (Å²) < 4.78 is 0. The summed E-state index contributed by atoms with van der Waals surface area (Å²) in [5.74, 6) is 5.36. The zero-order valence-corrected chi connectivity index (χ0v) is 20.3. The van der Waals surface area contributed by atoms with Crippen molar-refractivity contribution in [1.29, 1.82) is 0 Å². The van der Waals surface area contributed by atoms with E-state index in [0.717, 1.165) is 37.0 Å². The molecule has 1 saturated carbocycles. The predicted octanol–water partition coefficient (Wildman–Crippen LogP) is 4.48. The van der Waals surface area contributed by atoms with Gasteiger partial charge in [0.2, 0.25) is 11.8 Å². The highest BCUT2D eigenvalue weighted by Crippen LogP contribution is 2.35. The lowest BCUT2D eigenvalue weighted by atomic mass is 9.82. The van der Waals surface area contributed by atoms with Crippen LogP contribution in [0.2, 0.25) is 0 Å². The molecule has 0 atom stereocenters. The molecule has 0 unspecified atom stereocenters. The van der Waals surface area contributed by atoms with Crippen molar-refractivity contribution >= 4 is 34.8 Å². The highest BCUT2D eigenvalue weighted by atomic mass is 32.1. The number of thiophene rings is 1. The number of carboxylic acid groups (broad SMARTS) is 1. The van der Waals surface area contributed by atoms with Gasteiger partial charge in [-0.05, 0) is 58.4 Å². The number of rotatable bonds is 6. The van der Waals surface area contributed by atoms with Gasteiger partial charge >= 0.3 is 5.97 Å². The lowest BCUT2D eigenvalue weighted by Gasteiger charge is -2.31. The predicted molar refractivity (Wildman–Crippen MR) is 124 cm³/mol. The van der Waals surface area contributed by atoms with E-state index in [1.165, 1.54) is 9.80 Å². The molecule has 2 amide bonds. The number of carbonyl (C=O) groups is 3. The SMILES string of the molecule is CC1CCC(C(=O)N(CCC(=O)N(C)C)c2cc(C#CC(C)(C)C)sc2C(=O)O)CC1. The molecule has 0 aromatic carbocycles. The molecular formula is C24H34N2O4S. The minimum Gasteiger partial charge on any atom is -0.477 e. The van der Waals surface area contributed by atoms with Crippen LogP contribution >= 0.6 is 11.3 Å². The van der Waals surface area contributed by atoms with Gasteiger partial charge in [0.25, 0.3) is 0 Å². The normalized spacial score (nSPS) is 18.6. The molecule has 1 aromatic heterocycles. The smallest absolute Gasteiger partial charge is 0.348 e. The first-order valence-electron chi connectivity index (χ1n) is 10.8. The molecule has 1 fully saturated rings. The number of hydrogen-bond donors (Lipinski definition) is 1. The van der Waals surface area contributed by atoms with E-state index in [1.807, 2.05) is 20.8 Å². The zero-order chi connectivity index (χ0) is 23.3. The number of hydrogen-bond acceptors (Lipinski definition) is 4. The summed E-state index contributed by atoms with van der Waals surface area (Å²) in [4.78, 5) is 41.4. The average Bonchev–Trinajstić information content (AvgIpc) is 3.10. The van der Waals surface area contributed by atoms with E-state index in [9.17, 15) is 19.5 Å². The third-order valence-corrected chi connectivity index (χ3v) is 6.47. The number of anilines is 1. The first kappa shape index (κ1) is 24.9. The van der Waals surface area contributed by atoms with Crippen molar-refractivity contribution in [3.8, 4) is 11.8 Å². The highest BCUT2D eigenvalue weighted by molar-refractivity contribution is 7.15. The Bertz CT molecular complexity index is 878. The molecule has 1 heterocycles. The van der Waals surface area contributed by atoms with Gasteiger partial charge in [-0.15, -0.1) is 11.3 Å². The Balaban J connectivity index is 2.42. The first-order valence-corrected chi connectivity index (χ1v) is 11.6. The van der Waals surface area contributed by atoms with E-state index in [2.05, 4.69) is 18.8 Å². The van der Waals surface area contributed by atoms with Crippen LogP contribution in [-0.4, -0.2) is 48.4 Å². The van der Waals surface area contributed by atoms with Crippen LogP contribution in [0.25, 0.3) is 0 Å². The quantitative estimate of drug-likeness (QED) is 0.654. The van der Waals surface area contributed by atoms with Gasteiger partial charge in [-0.3, -0.25) is 9.59 Å². The molecule has 1 aliphatic rings. The molecule has 0 spiro atoms. The Kier molecular flexibility index (Phi) is 8.30. The molecule has 170 valence electrons. The third-order valence-electron chi connectivity index (χ3n) is 5.44. The average molecular weight is 447 g/mol. The molecule has 0 saturated heterocycles. The summed E-state index contributed by atoms with van der Waals surface area (Å²) in [7, 11) is 3.34. The van der Waals surface area contributed by atoms with Crippen molar-refractivity contribution in [1.82, 2.24) is 4.90 Å². The van der Waals surface area contributed by atoms with Crippen LogP contribution in [0.15, 0.2) is 6.07 Å². The van der Waals surface area contributed by atoms with Gasteiger partial charge in [-0.2, -0.15) is 0 Å². The lowest BCUT2D eigenvalue weighted by Crippen LogP contribution is -2.40. The Morgan fingerprint density at radius 1 is 1.16 bits per heavy atom. The summed E-state index contributed by atoms with van der Waals surface area (Å²) in [5, 5.41) is 9.80. The molecule has 1 N–H and O–H groups in total. The standard InChI is InChI=1S/C24H34N2O4S/c1-16-7-9-17(10-8-16)22(28)26(14-12-20(27)25(5)6)19-15-18(11-13-24(2,3)4)31-21(19)23(29)30/h15-17H,7-10,12,14H2,1-6H3,(H,29,30). The summed E-state index contributed by atoms with van der Waals surface area (Å²) >= 11 is 1.08. The van der Waals surface area contributed by atoms with Gasteiger partial charge in [0.1, 0.15) is 4.88 Å². The molecule has 7 heteroatoms. The van der Waals surface area contributed by atoms with Gasteiger partial charge in [0.15, 0.2) is 0 Å². The fraction of sp³-hybridized carbons (Fsp3) is 0.625. The monoisotopic (exact) mass is 446 g/mol. The van der Waals surface area contributed by atoms with E-state index in [1.54, 1.807) is 20.2 Å². The molecule has 1 aromatic rings. The maximum Gasteiger partial charge on any atom is 0.348 e. The van der Waals surface area contributed by atoms with Crippen LogP contribution in [0.3, 0.4) is 0 Å². The second-order valence-corrected chi connectivity index (χ2v) is 10.7. The van der Waals surface area contributed by atoms with Crippen LogP contribution in [0.5, 0.6) is 0 Å². The summed E-state index contributed by atoms with van der Waals surface area (Å²) in [6, 6.07) is 1.69. The summed E-state index contributed by atoms with van der Waals surface area (Å²) in [5.41, 5.74) is 0.130. The summed E-state index contributed by atoms with van der Waals surface area (Å²) in [6.45, 7) is 8.30. The molecule has 2 rings (SSSR count). The molecule has 1 aliphatic carbocycles. The highest BCUT2D eigenvalue weighted by Gasteiger charge is 2.32. The van der Waals surface area contributed by atoms with Crippen molar-refractivity contribution in [3.63, 3.8) is 0 Å². The molecule has 31 heavy (non-hydrogen) atoms. The summed E-state index contributed by atoms with van der Waals surface area (Å²) in [6.07, 6.45) is 3.69. The zero-order valence-electron chi connectivity index (χ0n) is 19.4. The topological polar surface area (TPSA) is 77.9 Å². The van der Waals surface area contributed by atoms with Crippen LogP contribution in [0.1, 0.15) is 74.3 Å². The van der Waals surface area contributed by atoms with Gasteiger partial charge in [0, 0.05) is 38.4 Å². The molecule has 0 bridgehead atoms. The third kappa shape index (κ3) is 7.10. The van der Waals surface area contributed by atoms with Crippen molar-refractivity contribution in [2.75, 3.05) is 25.5 Å².